The highest BCUT2D eigenvalue weighted by Crippen LogP contribution is 2.39. The first-order valence-electron chi connectivity index (χ1n) is 14.1. The SMILES string of the molecule is CC(C)(N)C(=O)NCCC1=CCN(C(=O)c2ccc(NC(=O)c3ccccc3-c3ccccc3)cc2)c2ccccc2S1.Cl. The predicted octanol–water partition coefficient (Wildman–Crippen LogP) is 6.91. The molecule has 0 fully saturated rings. The maximum absolute atomic E-state index is 13.7. The van der Waals surface area contributed by atoms with Gasteiger partial charge in [-0.15, -0.1) is 12.4 Å². The molecule has 0 aliphatic carbocycles. The average molecular weight is 627 g/mol. The van der Waals surface area contributed by atoms with Crippen LogP contribution in [0, 0.1) is 0 Å². The highest BCUT2D eigenvalue weighted by molar-refractivity contribution is 8.03. The number of hydrogen-bond acceptors (Lipinski definition) is 5. The molecule has 1 aliphatic heterocycles. The first-order chi connectivity index (χ1) is 20.7. The highest BCUT2D eigenvalue weighted by atomic mass is 35.5. The number of benzene rings is 4. The molecule has 4 aromatic rings. The quantitative estimate of drug-likeness (QED) is 0.197. The minimum Gasteiger partial charge on any atom is -0.354 e. The molecule has 0 spiro atoms. The lowest BCUT2D eigenvalue weighted by Crippen LogP contribution is -2.49. The highest BCUT2D eigenvalue weighted by Gasteiger charge is 2.24. The first-order valence-corrected chi connectivity index (χ1v) is 14.9. The second-order valence-corrected chi connectivity index (χ2v) is 12.0. The van der Waals surface area contributed by atoms with Crippen LogP contribution in [0.2, 0.25) is 0 Å². The van der Waals surface area contributed by atoms with Crippen LogP contribution >= 0.6 is 24.2 Å². The molecular formula is C35H35ClN4O3S. The summed E-state index contributed by atoms with van der Waals surface area (Å²) in [4.78, 5) is 42.9. The van der Waals surface area contributed by atoms with Gasteiger partial charge in [-0.2, -0.15) is 0 Å². The summed E-state index contributed by atoms with van der Waals surface area (Å²) in [6.07, 6.45) is 2.66. The lowest BCUT2D eigenvalue weighted by atomic mass is 9.99. The lowest BCUT2D eigenvalue weighted by molar-refractivity contribution is -0.125. The predicted molar refractivity (Wildman–Crippen MR) is 181 cm³/mol. The summed E-state index contributed by atoms with van der Waals surface area (Å²) in [5, 5.41) is 5.85. The third-order valence-electron chi connectivity index (χ3n) is 7.03. The van der Waals surface area contributed by atoms with Gasteiger partial charge in [0, 0.05) is 34.8 Å². The van der Waals surface area contributed by atoms with Gasteiger partial charge in [0.25, 0.3) is 11.8 Å². The Kier molecular flexibility index (Phi) is 10.7. The van der Waals surface area contributed by atoms with Crippen molar-refractivity contribution in [3.63, 3.8) is 0 Å². The zero-order valence-electron chi connectivity index (χ0n) is 24.6. The Bertz CT molecular complexity index is 1670. The monoisotopic (exact) mass is 626 g/mol. The van der Waals surface area contributed by atoms with Crippen molar-refractivity contribution in [1.82, 2.24) is 5.32 Å². The number of carbonyl (C=O) groups excluding carboxylic acids is 3. The van der Waals surface area contributed by atoms with E-state index in [-0.39, 0.29) is 30.1 Å². The van der Waals surface area contributed by atoms with Gasteiger partial charge >= 0.3 is 0 Å². The van der Waals surface area contributed by atoms with E-state index < -0.39 is 5.54 Å². The summed E-state index contributed by atoms with van der Waals surface area (Å²) >= 11 is 1.60. The number of anilines is 2. The van der Waals surface area contributed by atoms with Crippen LogP contribution in [0.4, 0.5) is 11.4 Å². The van der Waals surface area contributed by atoms with Crippen molar-refractivity contribution in [2.24, 2.45) is 5.73 Å². The largest absolute Gasteiger partial charge is 0.354 e. The van der Waals surface area contributed by atoms with Crippen molar-refractivity contribution in [1.29, 1.82) is 0 Å². The van der Waals surface area contributed by atoms with Crippen LogP contribution in [0.15, 0.2) is 119 Å². The molecule has 7 nitrogen and oxygen atoms in total. The second kappa shape index (κ2) is 14.4. The fourth-order valence-electron chi connectivity index (χ4n) is 4.71. The Morgan fingerprint density at radius 1 is 0.864 bits per heavy atom. The van der Waals surface area contributed by atoms with Crippen LogP contribution in [0.25, 0.3) is 11.1 Å². The number of para-hydroxylation sites is 1. The molecular weight excluding hydrogens is 592 g/mol. The Morgan fingerprint density at radius 3 is 2.25 bits per heavy atom. The van der Waals surface area contributed by atoms with Crippen LogP contribution in [0.1, 0.15) is 41.0 Å². The normalized spacial score (nSPS) is 12.6. The van der Waals surface area contributed by atoms with Crippen LogP contribution in [0.3, 0.4) is 0 Å². The maximum atomic E-state index is 13.7. The number of hydrogen-bond donors (Lipinski definition) is 3. The van der Waals surface area contributed by atoms with Crippen LogP contribution in [-0.4, -0.2) is 36.3 Å². The standard InChI is InChI=1S/C35H34N4O3S.ClH/c1-35(2,36)34(42)37-22-20-27-21-23-39(30-14-8-9-15-31(30)43-27)33(41)25-16-18-26(19-17-25)38-32(40)29-13-7-6-12-28(29)24-10-4-3-5-11-24;/h3-19,21H,20,22-23,36H2,1-2H3,(H,37,42)(H,38,40);1H. The minimum atomic E-state index is -0.939. The molecule has 3 amide bonds. The third-order valence-corrected chi connectivity index (χ3v) is 8.23. The molecule has 0 aromatic heterocycles. The van der Waals surface area contributed by atoms with Crippen molar-refractivity contribution < 1.29 is 14.4 Å². The number of thioether (sulfide) groups is 1. The van der Waals surface area contributed by atoms with E-state index >= 15 is 0 Å². The maximum Gasteiger partial charge on any atom is 0.258 e. The molecule has 0 radical (unpaired) electrons. The van der Waals surface area contributed by atoms with Crippen molar-refractivity contribution in [2.45, 2.75) is 30.7 Å². The fourth-order valence-corrected chi connectivity index (χ4v) is 5.79. The Morgan fingerprint density at radius 2 is 1.52 bits per heavy atom. The number of halogens is 1. The summed E-state index contributed by atoms with van der Waals surface area (Å²) in [6.45, 7) is 4.20. The number of nitrogens with two attached hydrogens (primary N) is 1. The lowest BCUT2D eigenvalue weighted by Gasteiger charge is -2.22. The minimum absolute atomic E-state index is 0. The molecule has 0 saturated carbocycles. The van der Waals surface area contributed by atoms with E-state index in [0.29, 0.717) is 36.3 Å². The van der Waals surface area contributed by atoms with E-state index in [1.54, 1.807) is 60.8 Å². The summed E-state index contributed by atoms with van der Waals surface area (Å²) in [6, 6.07) is 32.0. The van der Waals surface area contributed by atoms with E-state index in [2.05, 4.69) is 10.6 Å². The molecule has 4 aromatic carbocycles. The summed E-state index contributed by atoms with van der Waals surface area (Å²) in [5.74, 6) is -0.569. The number of fused-ring (bicyclic) bond motifs is 1. The van der Waals surface area contributed by atoms with Gasteiger partial charge in [0.1, 0.15) is 0 Å². The number of nitrogens with one attached hydrogen (secondary N) is 2. The molecule has 0 bridgehead atoms. The topological polar surface area (TPSA) is 105 Å². The molecule has 9 heteroatoms. The van der Waals surface area contributed by atoms with Gasteiger partial charge < -0.3 is 21.3 Å². The first kappa shape index (κ1) is 32.5. The average Bonchev–Trinajstić information content (AvgIpc) is 3.20. The van der Waals surface area contributed by atoms with Crippen LogP contribution < -0.4 is 21.3 Å². The third kappa shape index (κ3) is 7.77. The zero-order valence-corrected chi connectivity index (χ0v) is 26.2. The van der Waals surface area contributed by atoms with E-state index in [4.69, 9.17) is 5.73 Å². The number of nitrogens with zero attached hydrogens (tertiary/aromatic N) is 1. The van der Waals surface area contributed by atoms with Gasteiger partial charge in [-0.25, -0.2) is 0 Å². The van der Waals surface area contributed by atoms with Crippen molar-refractivity contribution >= 4 is 53.3 Å². The molecule has 0 atom stereocenters. The molecule has 44 heavy (non-hydrogen) atoms. The smallest absolute Gasteiger partial charge is 0.258 e. The van der Waals surface area contributed by atoms with Crippen molar-refractivity contribution in [3.05, 3.63) is 125 Å². The molecule has 1 aliphatic rings. The van der Waals surface area contributed by atoms with Gasteiger partial charge in [0.05, 0.1) is 11.2 Å². The summed E-state index contributed by atoms with van der Waals surface area (Å²) < 4.78 is 0. The fraction of sp³-hybridized carbons (Fsp3) is 0.171. The summed E-state index contributed by atoms with van der Waals surface area (Å²) in [7, 11) is 0. The second-order valence-electron chi connectivity index (χ2n) is 10.8. The molecule has 5 rings (SSSR count). The van der Waals surface area contributed by atoms with Gasteiger partial charge in [-0.3, -0.25) is 14.4 Å². The van der Waals surface area contributed by atoms with Crippen molar-refractivity contribution in [3.8, 4) is 11.1 Å². The van der Waals surface area contributed by atoms with Gasteiger partial charge in [-0.05, 0) is 78.8 Å². The van der Waals surface area contributed by atoms with E-state index in [9.17, 15) is 14.4 Å². The summed E-state index contributed by atoms with van der Waals surface area (Å²) in [5.41, 5.74) is 9.26. The Hall–Kier alpha value is -4.37. The zero-order chi connectivity index (χ0) is 30.4. The van der Waals surface area contributed by atoms with E-state index in [1.165, 1.54) is 0 Å². The van der Waals surface area contributed by atoms with E-state index in [0.717, 1.165) is 26.6 Å². The number of rotatable bonds is 8. The Labute approximate surface area is 268 Å². The van der Waals surface area contributed by atoms with Crippen molar-refractivity contribution in [2.75, 3.05) is 23.3 Å². The Balaban J connectivity index is 0.00000442. The molecule has 226 valence electrons. The molecule has 1 heterocycles. The van der Waals surface area contributed by atoms with Gasteiger partial charge in [-0.1, -0.05) is 78.5 Å². The molecule has 0 unspecified atom stereocenters. The number of amides is 3. The van der Waals surface area contributed by atoms with E-state index in [1.807, 2.05) is 78.9 Å². The van der Waals surface area contributed by atoms with Gasteiger partial charge in [0.15, 0.2) is 0 Å². The molecule has 4 N–H and O–H groups in total. The van der Waals surface area contributed by atoms with Crippen LogP contribution in [-0.2, 0) is 4.79 Å². The molecule has 0 saturated heterocycles. The van der Waals surface area contributed by atoms with Gasteiger partial charge in [0.2, 0.25) is 5.91 Å². The van der Waals surface area contributed by atoms with Crippen LogP contribution in [0.5, 0.6) is 0 Å². The number of carbonyl (C=O) groups is 3.